The predicted molar refractivity (Wildman–Crippen MR) is 122 cm³/mol. The molecular formula is C25H36N2O10. The molecule has 4 saturated heterocycles. The standard InChI is InChI=1S/C25H36N2O10/c1-12(2)22(32)17(35-16(29)14-7-6-10-26-14)24(27-34)18(4)11-21(31)19(22,5)25(33,37-24)23(36-21)15(28)13(3)8-9-20(18,23)30/h6-7,10,12-13,15,17,26-28,30-34H,8-9,11H2,1-5H3/t13-,15+,17+,18-,19-,20-,21-,22+,23+,24+,25+/m0/s1. The smallest absolute Gasteiger partial charge is 0.355 e. The van der Waals surface area contributed by atoms with E-state index in [2.05, 4.69) is 10.5 Å². The second kappa shape index (κ2) is 6.75. The van der Waals surface area contributed by atoms with Crippen molar-refractivity contribution < 1.29 is 49.7 Å². The van der Waals surface area contributed by atoms with Crippen LogP contribution in [0.25, 0.3) is 0 Å². The van der Waals surface area contributed by atoms with Crippen molar-refractivity contribution in [2.24, 2.45) is 22.7 Å². The summed E-state index contributed by atoms with van der Waals surface area (Å²) in [4.78, 5) is 16.0. The van der Waals surface area contributed by atoms with Gasteiger partial charge in [-0.3, -0.25) is 0 Å². The number of nitrogens with one attached hydrogen (secondary N) is 2. The van der Waals surface area contributed by atoms with Crippen molar-refractivity contribution in [2.45, 2.75) is 100 Å². The van der Waals surface area contributed by atoms with Crippen LogP contribution in [0.4, 0.5) is 0 Å². The van der Waals surface area contributed by atoms with Gasteiger partial charge < -0.3 is 49.9 Å². The molecule has 4 aliphatic heterocycles. The summed E-state index contributed by atoms with van der Waals surface area (Å²) in [6.07, 6.45) is -1.89. The number of carbonyl (C=O) groups excluding carboxylic acids is 1. The summed E-state index contributed by atoms with van der Waals surface area (Å²) < 4.78 is 18.5. The minimum Gasteiger partial charge on any atom is -0.450 e. The summed E-state index contributed by atoms with van der Waals surface area (Å²) in [7, 11) is 0. The Morgan fingerprint density at radius 1 is 1.22 bits per heavy atom. The van der Waals surface area contributed by atoms with Gasteiger partial charge in [0, 0.05) is 12.6 Å². The van der Waals surface area contributed by atoms with E-state index in [-0.39, 0.29) is 12.1 Å². The van der Waals surface area contributed by atoms with Crippen LogP contribution in [-0.2, 0) is 14.2 Å². The van der Waals surface area contributed by atoms with Gasteiger partial charge in [-0.1, -0.05) is 27.7 Å². The van der Waals surface area contributed by atoms with Crippen molar-refractivity contribution >= 4 is 5.97 Å². The van der Waals surface area contributed by atoms with Gasteiger partial charge in [-0.25, -0.2) is 4.79 Å². The van der Waals surface area contributed by atoms with E-state index in [1.807, 2.05) is 0 Å². The molecule has 1 aromatic rings. The fourth-order valence-electron chi connectivity index (χ4n) is 9.00. The lowest BCUT2D eigenvalue weighted by Gasteiger charge is -2.75. The van der Waals surface area contributed by atoms with E-state index in [1.165, 1.54) is 26.1 Å². The molecule has 0 aromatic carbocycles. The van der Waals surface area contributed by atoms with E-state index in [4.69, 9.17) is 14.2 Å². The number of fused-ring (bicyclic) bond motifs is 4. The van der Waals surface area contributed by atoms with Gasteiger partial charge in [0.2, 0.25) is 5.79 Å². The van der Waals surface area contributed by atoms with Gasteiger partial charge in [-0.05, 0) is 43.7 Å². The molecule has 12 heteroatoms. The highest BCUT2D eigenvalue weighted by Crippen LogP contribution is 2.84. The topological polar surface area (TPSA) is 194 Å². The Morgan fingerprint density at radius 3 is 2.46 bits per heavy atom. The molecule has 5 bridgehead atoms. The number of hydrogen-bond acceptors (Lipinski definition) is 11. The van der Waals surface area contributed by atoms with Gasteiger partial charge in [-0.15, -0.1) is 0 Å². The lowest BCUT2D eigenvalue weighted by atomic mass is 9.42. The minimum atomic E-state index is -2.75. The van der Waals surface area contributed by atoms with Gasteiger partial charge >= 0.3 is 5.97 Å². The third-order valence-corrected chi connectivity index (χ3v) is 11.1. The number of rotatable bonds is 4. The van der Waals surface area contributed by atoms with E-state index in [0.717, 1.165) is 0 Å². The second-order valence-corrected chi connectivity index (χ2v) is 12.5. The molecule has 1 spiro atoms. The Morgan fingerprint density at radius 2 is 1.89 bits per heavy atom. The maximum atomic E-state index is 13.3. The monoisotopic (exact) mass is 524 g/mol. The first-order valence-corrected chi connectivity index (χ1v) is 12.8. The Labute approximate surface area is 213 Å². The van der Waals surface area contributed by atoms with Crippen LogP contribution in [0.2, 0.25) is 0 Å². The number of hydrogen-bond donors (Lipinski definition) is 8. The molecule has 0 amide bonds. The molecule has 206 valence electrons. The van der Waals surface area contributed by atoms with Gasteiger partial charge in [-0.2, -0.15) is 5.48 Å². The fourth-order valence-corrected chi connectivity index (χ4v) is 9.00. The third kappa shape index (κ3) is 2.09. The first kappa shape index (κ1) is 25.7. The van der Waals surface area contributed by atoms with Crippen LogP contribution in [0.1, 0.15) is 64.4 Å². The number of aliphatic hydroxyl groups is 5. The Bertz CT molecular complexity index is 1160. The van der Waals surface area contributed by atoms with Crippen molar-refractivity contribution in [3.05, 3.63) is 24.0 Å². The average molecular weight is 525 g/mol. The normalized spacial score (nSPS) is 57.6. The molecule has 12 nitrogen and oxygen atoms in total. The SMILES string of the molecule is CC(C)[C@@]1(O)[C@@H](OC(=O)c2ccc[nH]2)[C@@]2(NO)O[C@@]3(O)[C@]45O[C@@](O)(C[C@@]2(C)[C@@]4(O)CC[C@H](C)[C@H]5O)[C@]31C. The van der Waals surface area contributed by atoms with Crippen LogP contribution in [0, 0.1) is 22.7 Å². The molecule has 5 aliphatic rings. The first-order chi connectivity index (χ1) is 17.0. The van der Waals surface area contributed by atoms with Crippen molar-refractivity contribution in [3.63, 3.8) is 0 Å². The Kier molecular flexibility index (Phi) is 4.68. The molecule has 1 saturated carbocycles. The lowest BCUT2D eigenvalue weighted by molar-refractivity contribution is -0.533. The van der Waals surface area contributed by atoms with Crippen LogP contribution >= 0.6 is 0 Å². The van der Waals surface area contributed by atoms with Gasteiger partial charge in [0.15, 0.2) is 23.2 Å². The van der Waals surface area contributed by atoms with Crippen LogP contribution in [0.5, 0.6) is 0 Å². The summed E-state index contributed by atoms with van der Waals surface area (Å²) in [6.45, 7) is 7.80. The molecule has 8 N–H and O–H groups in total. The zero-order chi connectivity index (χ0) is 27.2. The number of hydroxylamine groups is 1. The summed E-state index contributed by atoms with van der Waals surface area (Å²) in [5.41, 5.74) is -10.9. The van der Waals surface area contributed by atoms with E-state index < -0.39 is 81.4 Å². The summed E-state index contributed by atoms with van der Waals surface area (Å²) >= 11 is 0. The molecule has 0 unspecified atom stereocenters. The molecule has 5 fully saturated rings. The van der Waals surface area contributed by atoms with E-state index in [1.54, 1.807) is 26.8 Å². The highest BCUT2D eigenvalue weighted by atomic mass is 16.8. The first-order valence-electron chi connectivity index (χ1n) is 12.8. The molecule has 11 atom stereocenters. The average Bonchev–Trinajstić information content (AvgIpc) is 3.40. The number of aromatic amines is 1. The van der Waals surface area contributed by atoms with Crippen LogP contribution in [-0.4, -0.2) is 88.0 Å². The van der Waals surface area contributed by atoms with E-state index >= 15 is 0 Å². The van der Waals surface area contributed by atoms with Crippen LogP contribution in [0.3, 0.4) is 0 Å². The van der Waals surface area contributed by atoms with Crippen LogP contribution in [0.15, 0.2) is 18.3 Å². The van der Waals surface area contributed by atoms with Crippen molar-refractivity contribution in [1.29, 1.82) is 0 Å². The zero-order valence-corrected chi connectivity index (χ0v) is 21.5. The quantitative estimate of drug-likeness (QED) is 0.191. The molecule has 1 aliphatic carbocycles. The fraction of sp³-hybridized carbons (Fsp3) is 0.800. The summed E-state index contributed by atoms with van der Waals surface area (Å²) in [5, 5.41) is 72.5. The van der Waals surface area contributed by atoms with Gasteiger partial charge in [0.25, 0.3) is 0 Å². The number of aromatic nitrogens is 1. The van der Waals surface area contributed by atoms with E-state index in [0.29, 0.717) is 6.42 Å². The lowest BCUT2D eigenvalue weighted by Crippen LogP contribution is -2.96. The molecule has 6 rings (SSSR count). The minimum absolute atomic E-state index is 0.000385. The predicted octanol–water partition coefficient (Wildman–Crippen LogP) is -0.269. The van der Waals surface area contributed by atoms with Crippen molar-refractivity contribution in [2.75, 3.05) is 0 Å². The Hall–Kier alpha value is -1.61. The molecule has 5 heterocycles. The highest BCUT2D eigenvalue weighted by Gasteiger charge is 3.04. The molecule has 1 aromatic heterocycles. The van der Waals surface area contributed by atoms with E-state index in [9.17, 15) is 35.5 Å². The number of H-pyrrole nitrogens is 1. The number of esters is 1. The Balaban J connectivity index is 1.70. The summed E-state index contributed by atoms with van der Waals surface area (Å²) in [6, 6.07) is 3.04. The number of aliphatic hydroxyl groups excluding tert-OH is 1. The number of ether oxygens (including phenoxy) is 3. The van der Waals surface area contributed by atoms with Crippen molar-refractivity contribution in [1.82, 2.24) is 10.5 Å². The van der Waals surface area contributed by atoms with Gasteiger partial charge in [0.05, 0.1) is 11.5 Å². The number of carbonyl (C=O) groups is 1. The molecular weight excluding hydrogens is 488 g/mol. The third-order valence-electron chi connectivity index (χ3n) is 11.1. The highest BCUT2D eigenvalue weighted by molar-refractivity contribution is 5.87. The van der Waals surface area contributed by atoms with Crippen LogP contribution < -0.4 is 5.48 Å². The summed E-state index contributed by atoms with van der Waals surface area (Å²) in [5.74, 6) is -7.34. The maximum absolute atomic E-state index is 13.3. The molecule has 37 heavy (non-hydrogen) atoms. The maximum Gasteiger partial charge on any atom is 0.355 e. The second-order valence-electron chi connectivity index (χ2n) is 12.5. The van der Waals surface area contributed by atoms with Crippen molar-refractivity contribution in [3.8, 4) is 0 Å². The zero-order valence-electron chi connectivity index (χ0n) is 21.5. The molecule has 0 radical (unpaired) electrons. The van der Waals surface area contributed by atoms with Gasteiger partial charge in [0.1, 0.15) is 22.3 Å². The largest absolute Gasteiger partial charge is 0.450 e.